The van der Waals surface area contributed by atoms with Crippen molar-refractivity contribution in [2.24, 2.45) is 0 Å². The fraction of sp³-hybridized carbons (Fsp3) is 0.462. The second kappa shape index (κ2) is 6.23. The fourth-order valence-electron chi connectivity index (χ4n) is 1.43. The van der Waals surface area contributed by atoms with Crippen molar-refractivity contribution in [3.63, 3.8) is 0 Å². The van der Waals surface area contributed by atoms with Gasteiger partial charge >= 0.3 is 12.1 Å². The summed E-state index contributed by atoms with van der Waals surface area (Å²) in [5, 5.41) is 11.5. The van der Waals surface area contributed by atoms with Crippen molar-refractivity contribution >= 4 is 12.1 Å². The molecule has 7 nitrogen and oxygen atoms in total. The van der Waals surface area contributed by atoms with E-state index < -0.39 is 23.7 Å². The molecule has 0 aliphatic heterocycles. The van der Waals surface area contributed by atoms with Gasteiger partial charge in [0.2, 0.25) is 5.88 Å². The Morgan fingerprint density at radius 3 is 2.55 bits per heavy atom. The molecule has 1 aromatic rings. The SMILES string of the molecule is COc1cc(C(NC(=O)OC(C)(C)C)C(=O)O)ccn1. The van der Waals surface area contributed by atoms with E-state index in [1.165, 1.54) is 25.4 Å². The zero-order valence-electron chi connectivity index (χ0n) is 11.8. The lowest BCUT2D eigenvalue weighted by Crippen LogP contribution is -2.38. The second-order valence-electron chi connectivity index (χ2n) is 5.05. The predicted molar refractivity (Wildman–Crippen MR) is 70.5 cm³/mol. The van der Waals surface area contributed by atoms with Gasteiger partial charge < -0.3 is 19.9 Å². The first-order chi connectivity index (χ1) is 9.23. The van der Waals surface area contributed by atoms with Crippen LogP contribution >= 0.6 is 0 Å². The maximum absolute atomic E-state index is 11.7. The topological polar surface area (TPSA) is 97.8 Å². The van der Waals surface area contributed by atoms with Gasteiger partial charge in [-0.25, -0.2) is 14.6 Å². The maximum Gasteiger partial charge on any atom is 0.408 e. The summed E-state index contributed by atoms with van der Waals surface area (Å²) in [5.74, 6) is -0.941. The average molecular weight is 282 g/mol. The molecule has 0 fully saturated rings. The Morgan fingerprint density at radius 1 is 1.40 bits per heavy atom. The molecular weight excluding hydrogens is 264 g/mol. The minimum atomic E-state index is -1.23. The van der Waals surface area contributed by atoms with Crippen LogP contribution in [0.4, 0.5) is 4.79 Å². The van der Waals surface area contributed by atoms with Crippen LogP contribution in [0, 0.1) is 0 Å². The molecule has 1 rings (SSSR count). The number of carbonyl (C=O) groups is 2. The van der Waals surface area contributed by atoms with E-state index >= 15 is 0 Å². The summed E-state index contributed by atoms with van der Waals surface area (Å²) in [5.41, 5.74) is -0.363. The highest BCUT2D eigenvalue weighted by atomic mass is 16.6. The zero-order chi connectivity index (χ0) is 15.3. The number of aliphatic carboxylic acids is 1. The van der Waals surface area contributed by atoms with Crippen molar-refractivity contribution in [1.29, 1.82) is 0 Å². The first-order valence-corrected chi connectivity index (χ1v) is 5.95. The van der Waals surface area contributed by atoms with Gasteiger partial charge in [-0.05, 0) is 32.4 Å². The van der Waals surface area contributed by atoms with Crippen LogP contribution in [0.15, 0.2) is 18.3 Å². The third-order valence-corrected chi connectivity index (χ3v) is 2.21. The summed E-state index contributed by atoms with van der Waals surface area (Å²) >= 11 is 0. The number of carbonyl (C=O) groups excluding carboxylic acids is 1. The summed E-state index contributed by atoms with van der Waals surface area (Å²) in [6.07, 6.45) is 0.599. The van der Waals surface area contributed by atoms with Crippen molar-refractivity contribution in [3.8, 4) is 5.88 Å². The number of amides is 1. The number of hydrogen-bond donors (Lipinski definition) is 2. The van der Waals surface area contributed by atoms with Gasteiger partial charge in [-0.1, -0.05) is 0 Å². The van der Waals surface area contributed by atoms with Gasteiger partial charge in [0.25, 0.3) is 0 Å². The molecule has 1 unspecified atom stereocenters. The molecule has 1 aromatic heterocycles. The standard InChI is InChI=1S/C13H18N2O5/c1-13(2,3)20-12(18)15-10(11(16)17)8-5-6-14-9(7-8)19-4/h5-7,10H,1-4H3,(H,15,18)(H,16,17). The Hall–Kier alpha value is -2.31. The number of ether oxygens (including phenoxy) is 2. The molecule has 0 radical (unpaired) electrons. The van der Waals surface area contributed by atoms with E-state index in [1.54, 1.807) is 20.8 Å². The predicted octanol–water partition coefficient (Wildman–Crippen LogP) is 1.74. The monoisotopic (exact) mass is 282 g/mol. The maximum atomic E-state index is 11.7. The number of alkyl carbamates (subject to hydrolysis) is 1. The normalized spacial score (nSPS) is 12.4. The summed E-state index contributed by atoms with van der Waals surface area (Å²) in [4.78, 5) is 26.8. The lowest BCUT2D eigenvalue weighted by atomic mass is 10.1. The molecule has 0 saturated heterocycles. The summed E-state index contributed by atoms with van der Waals surface area (Å²) in [6, 6.07) is 1.69. The Kier molecular flexibility index (Phi) is 4.90. The van der Waals surface area contributed by atoms with Crippen LogP contribution in [0.5, 0.6) is 5.88 Å². The van der Waals surface area contributed by atoms with E-state index in [4.69, 9.17) is 9.47 Å². The van der Waals surface area contributed by atoms with Crippen LogP contribution in [-0.4, -0.2) is 34.9 Å². The third kappa shape index (κ3) is 4.75. The Balaban J connectivity index is 2.89. The first-order valence-electron chi connectivity index (χ1n) is 5.95. The van der Waals surface area contributed by atoms with Crippen molar-refractivity contribution in [2.75, 3.05) is 7.11 Å². The molecule has 7 heteroatoms. The Morgan fingerprint density at radius 2 is 2.05 bits per heavy atom. The molecule has 20 heavy (non-hydrogen) atoms. The van der Waals surface area contributed by atoms with E-state index in [0.717, 1.165) is 0 Å². The molecule has 0 bridgehead atoms. The van der Waals surface area contributed by atoms with Crippen LogP contribution in [-0.2, 0) is 9.53 Å². The van der Waals surface area contributed by atoms with Gasteiger partial charge in [0.15, 0.2) is 6.04 Å². The molecular formula is C13H18N2O5. The quantitative estimate of drug-likeness (QED) is 0.873. The van der Waals surface area contributed by atoms with E-state index in [1.807, 2.05) is 0 Å². The number of nitrogens with one attached hydrogen (secondary N) is 1. The molecule has 0 spiro atoms. The number of nitrogens with zero attached hydrogens (tertiary/aromatic N) is 1. The number of methoxy groups -OCH3 is 1. The first kappa shape index (κ1) is 15.7. The summed E-state index contributed by atoms with van der Waals surface area (Å²) < 4.78 is 9.96. The van der Waals surface area contributed by atoms with Gasteiger partial charge in [-0.15, -0.1) is 0 Å². The Bertz CT molecular complexity index is 496. The largest absolute Gasteiger partial charge is 0.481 e. The average Bonchev–Trinajstić information content (AvgIpc) is 2.33. The minimum absolute atomic E-state index is 0.264. The fourth-order valence-corrected chi connectivity index (χ4v) is 1.43. The number of aromatic nitrogens is 1. The van der Waals surface area contributed by atoms with Crippen molar-refractivity contribution in [1.82, 2.24) is 10.3 Å². The molecule has 2 N–H and O–H groups in total. The number of hydrogen-bond acceptors (Lipinski definition) is 5. The van der Waals surface area contributed by atoms with Gasteiger partial charge in [-0.2, -0.15) is 0 Å². The number of rotatable bonds is 4. The molecule has 1 heterocycles. The smallest absolute Gasteiger partial charge is 0.408 e. The molecule has 1 atom stereocenters. The van der Waals surface area contributed by atoms with Gasteiger partial charge in [0.1, 0.15) is 5.60 Å². The molecule has 0 aliphatic rings. The van der Waals surface area contributed by atoms with E-state index in [2.05, 4.69) is 10.3 Å². The van der Waals surface area contributed by atoms with Crippen molar-refractivity contribution in [3.05, 3.63) is 23.9 Å². The highest BCUT2D eigenvalue weighted by molar-refractivity contribution is 5.81. The third-order valence-electron chi connectivity index (χ3n) is 2.21. The van der Waals surface area contributed by atoms with Crippen molar-refractivity contribution < 1.29 is 24.2 Å². The van der Waals surface area contributed by atoms with Crippen LogP contribution in [0.1, 0.15) is 32.4 Å². The summed E-state index contributed by atoms with van der Waals surface area (Å²) in [7, 11) is 1.42. The van der Waals surface area contributed by atoms with Crippen LogP contribution in [0.3, 0.4) is 0 Å². The molecule has 110 valence electrons. The molecule has 0 saturated carbocycles. The van der Waals surface area contributed by atoms with Gasteiger partial charge in [0, 0.05) is 12.3 Å². The highest BCUT2D eigenvalue weighted by Gasteiger charge is 2.25. The lowest BCUT2D eigenvalue weighted by molar-refractivity contribution is -0.139. The van der Waals surface area contributed by atoms with Gasteiger partial charge in [0.05, 0.1) is 7.11 Å². The number of carboxylic acid groups (broad SMARTS) is 1. The van der Waals surface area contributed by atoms with Gasteiger partial charge in [-0.3, -0.25) is 0 Å². The van der Waals surface area contributed by atoms with Crippen LogP contribution in [0.25, 0.3) is 0 Å². The lowest BCUT2D eigenvalue weighted by Gasteiger charge is -2.22. The minimum Gasteiger partial charge on any atom is -0.481 e. The van der Waals surface area contributed by atoms with E-state index in [-0.39, 0.29) is 5.88 Å². The molecule has 0 aromatic carbocycles. The van der Waals surface area contributed by atoms with E-state index in [9.17, 15) is 14.7 Å². The molecule has 0 aliphatic carbocycles. The van der Waals surface area contributed by atoms with Crippen molar-refractivity contribution in [2.45, 2.75) is 32.4 Å². The highest BCUT2D eigenvalue weighted by Crippen LogP contribution is 2.18. The zero-order valence-corrected chi connectivity index (χ0v) is 11.8. The number of pyridine rings is 1. The van der Waals surface area contributed by atoms with Crippen LogP contribution in [0.2, 0.25) is 0 Å². The Labute approximate surface area is 116 Å². The second-order valence-corrected chi connectivity index (χ2v) is 5.05. The summed E-state index contributed by atoms with van der Waals surface area (Å²) in [6.45, 7) is 5.08. The van der Waals surface area contributed by atoms with Crippen LogP contribution < -0.4 is 10.1 Å². The number of carboxylic acids is 1. The molecule has 1 amide bonds. The van der Waals surface area contributed by atoms with E-state index in [0.29, 0.717) is 5.56 Å².